The lowest BCUT2D eigenvalue weighted by atomic mass is 10.0. The van der Waals surface area contributed by atoms with Gasteiger partial charge in [-0.2, -0.15) is 0 Å². The van der Waals surface area contributed by atoms with E-state index in [1.807, 2.05) is 0 Å². The minimum absolute atomic E-state index is 0.114. The Hall–Kier alpha value is -1.98. The Bertz CT molecular complexity index is 515. The van der Waals surface area contributed by atoms with Crippen LogP contribution < -0.4 is 5.32 Å². The van der Waals surface area contributed by atoms with Crippen LogP contribution in [0.1, 0.15) is 29.8 Å². The van der Waals surface area contributed by atoms with Crippen molar-refractivity contribution in [1.29, 1.82) is 0 Å². The molecular weight excluding hydrogens is 256 g/mol. The van der Waals surface area contributed by atoms with E-state index in [-0.39, 0.29) is 17.0 Å². The summed E-state index contributed by atoms with van der Waals surface area (Å²) < 4.78 is 26.6. The Morgan fingerprint density at radius 2 is 1.79 bits per heavy atom. The zero-order valence-electron chi connectivity index (χ0n) is 10.8. The van der Waals surface area contributed by atoms with Crippen molar-refractivity contribution in [3.8, 4) is 0 Å². The second kappa shape index (κ2) is 5.77. The minimum Gasteiger partial charge on any atom is -0.480 e. The number of carboxylic acid groups (broad SMARTS) is 1. The molecule has 0 fully saturated rings. The Labute approximate surface area is 109 Å². The zero-order valence-corrected chi connectivity index (χ0v) is 10.8. The van der Waals surface area contributed by atoms with Crippen LogP contribution in [0.4, 0.5) is 8.78 Å². The highest BCUT2D eigenvalue weighted by Crippen LogP contribution is 2.15. The van der Waals surface area contributed by atoms with Gasteiger partial charge in [-0.15, -0.1) is 0 Å². The van der Waals surface area contributed by atoms with Gasteiger partial charge in [-0.3, -0.25) is 4.79 Å². The topological polar surface area (TPSA) is 66.4 Å². The van der Waals surface area contributed by atoms with E-state index < -0.39 is 29.6 Å². The van der Waals surface area contributed by atoms with E-state index in [0.29, 0.717) is 6.07 Å². The number of halogens is 2. The van der Waals surface area contributed by atoms with Crippen molar-refractivity contribution in [2.75, 3.05) is 0 Å². The first-order valence-electron chi connectivity index (χ1n) is 5.73. The van der Waals surface area contributed by atoms with E-state index in [9.17, 15) is 18.4 Å². The monoisotopic (exact) mass is 271 g/mol. The number of benzene rings is 1. The number of carbonyl (C=O) groups excluding carboxylic acids is 1. The maximum atomic E-state index is 13.5. The summed E-state index contributed by atoms with van der Waals surface area (Å²) in [5.74, 6) is -4.21. The van der Waals surface area contributed by atoms with Crippen molar-refractivity contribution < 1.29 is 23.5 Å². The number of hydrogen-bond donors (Lipinski definition) is 2. The molecule has 1 unspecified atom stereocenters. The third kappa shape index (κ3) is 3.49. The number of carbonyl (C=O) groups is 2. The largest absolute Gasteiger partial charge is 0.480 e. The summed E-state index contributed by atoms with van der Waals surface area (Å²) in [5, 5.41) is 11.2. The Balaban J connectivity index is 3.01. The fourth-order valence-corrected chi connectivity index (χ4v) is 1.56. The molecule has 0 aromatic heterocycles. The van der Waals surface area contributed by atoms with Crippen LogP contribution >= 0.6 is 0 Å². The molecule has 0 spiro atoms. The first-order valence-corrected chi connectivity index (χ1v) is 5.73. The van der Waals surface area contributed by atoms with Crippen molar-refractivity contribution in [2.24, 2.45) is 5.92 Å². The van der Waals surface area contributed by atoms with Crippen molar-refractivity contribution >= 4 is 11.9 Å². The van der Waals surface area contributed by atoms with Crippen LogP contribution in [0, 0.1) is 24.5 Å². The van der Waals surface area contributed by atoms with Gasteiger partial charge >= 0.3 is 5.97 Å². The molecule has 104 valence electrons. The molecule has 0 aliphatic rings. The maximum absolute atomic E-state index is 13.5. The first-order chi connectivity index (χ1) is 8.73. The number of hydrogen-bond acceptors (Lipinski definition) is 2. The molecule has 0 radical (unpaired) electrons. The van der Waals surface area contributed by atoms with Gasteiger partial charge in [0.05, 0.1) is 5.56 Å². The maximum Gasteiger partial charge on any atom is 0.326 e. The molecule has 19 heavy (non-hydrogen) atoms. The molecule has 1 rings (SSSR count). The standard InChI is InChI=1S/C13H15F2NO3/c1-6(2)11(13(18)19)16-12(17)8-4-7(3)9(14)5-10(8)15/h4-6,11H,1-3H3,(H,16,17)(H,18,19). The summed E-state index contributed by atoms with van der Waals surface area (Å²) in [4.78, 5) is 22.8. The fraction of sp³-hybridized carbons (Fsp3) is 0.385. The van der Waals surface area contributed by atoms with Crippen LogP contribution in [0.2, 0.25) is 0 Å². The average molecular weight is 271 g/mol. The van der Waals surface area contributed by atoms with E-state index >= 15 is 0 Å². The highest BCUT2D eigenvalue weighted by molar-refractivity contribution is 5.97. The van der Waals surface area contributed by atoms with Gasteiger partial charge in [0.15, 0.2) is 0 Å². The van der Waals surface area contributed by atoms with E-state index in [0.717, 1.165) is 6.07 Å². The summed E-state index contributed by atoms with van der Waals surface area (Å²) >= 11 is 0. The molecule has 0 bridgehead atoms. The second-order valence-electron chi connectivity index (χ2n) is 4.61. The van der Waals surface area contributed by atoms with Crippen molar-refractivity contribution in [3.63, 3.8) is 0 Å². The van der Waals surface area contributed by atoms with Crippen LogP contribution in [0.15, 0.2) is 12.1 Å². The predicted octanol–water partition coefficient (Wildman–Crippen LogP) is 2.11. The smallest absolute Gasteiger partial charge is 0.326 e. The van der Waals surface area contributed by atoms with Crippen LogP contribution in [0.5, 0.6) is 0 Å². The van der Waals surface area contributed by atoms with Crippen molar-refractivity contribution in [2.45, 2.75) is 26.8 Å². The van der Waals surface area contributed by atoms with Crippen LogP contribution in [-0.2, 0) is 4.79 Å². The summed E-state index contributed by atoms with van der Waals surface area (Å²) in [6.07, 6.45) is 0. The Morgan fingerprint density at radius 1 is 1.21 bits per heavy atom. The fourth-order valence-electron chi connectivity index (χ4n) is 1.56. The molecule has 0 saturated heterocycles. The van der Waals surface area contributed by atoms with Crippen molar-refractivity contribution in [1.82, 2.24) is 5.32 Å². The molecule has 0 saturated carbocycles. The number of carboxylic acids is 1. The molecule has 0 aliphatic heterocycles. The van der Waals surface area contributed by atoms with Gasteiger partial charge < -0.3 is 10.4 Å². The van der Waals surface area contributed by atoms with E-state index in [4.69, 9.17) is 5.11 Å². The predicted molar refractivity (Wildman–Crippen MR) is 64.8 cm³/mol. The number of aryl methyl sites for hydroxylation is 1. The molecular formula is C13H15F2NO3. The van der Waals surface area contributed by atoms with E-state index in [1.54, 1.807) is 13.8 Å². The molecule has 0 heterocycles. The van der Waals surface area contributed by atoms with E-state index in [2.05, 4.69) is 5.32 Å². The quantitative estimate of drug-likeness (QED) is 0.881. The zero-order chi connectivity index (χ0) is 14.7. The normalized spacial score (nSPS) is 12.3. The summed E-state index contributed by atoms with van der Waals surface area (Å²) in [7, 11) is 0. The molecule has 1 atom stereocenters. The van der Waals surface area contributed by atoms with Gasteiger partial charge in [0, 0.05) is 6.07 Å². The molecule has 4 nitrogen and oxygen atoms in total. The van der Waals surface area contributed by atoms with E-state index in [1.165, 1.54) is 6.92 Å². The molecule has 2 N–H and O–H groups in total. The van der Waals surface area contributed by atoms with Crippen LogP contribution in [0.25, 0.3) is 0 Å². The number of amides is 1. The molecule has 1 amide bonds. The summed E-state index contributed by atoms with van der Waals surface area (Å²) in [5.41, 5.74) is -0.256. The number of rotatable bonds is 4. The first kappa shape index (κ1) is 15.1. The van der Waals surface area contributed by atoms with Gasteiger partial charge in [0.1, 0.15) is 17.7 Å². The molecule has 0 aliphatic carbocycles. The van der Waals surface area contributed by atoms with Gasteiger partial charge in [-0.25, -0.2) is 13.6 Å². The third-order valence-corrected chi connectivity index (χ3v) is 2.71. The molecule has 6 heteroatoms. The van der Waals surface area contributed by atoms with Gasteiger partial charge in [0.2, 0.25) is 0 Å². The third-order valence-electron chi connectivity index (χ3n) is 2.71. The SMILES string of the molecule is Cc1cc(C(=O)NC(C(=O)O)C(C)C)c(F)cc1F. The highest BCUT2D eigenvalue weighted by Gasteiger charge is 2.25. The number of aliphatic carboxylic acids is 1. The summed E-state index contributed by atoms with van der Waals surface area (Å²) in [6.45, 7) is 4.62. The van der Waals surface area contributed by atoms with Gasteiger partial charge in [-0.1, -0.05) is 13.8 Å². The molecule has 1 aromatic rings. The van der Waals surface area contributed by atoms with Crippen LogP contribution in [-0.4, -0.2) is 23.0 Å². The molecule has 1 aromatic carbocycles. The number of nitrogens with one attached hydrogen (secondary N) is 1. The van der Waals surface area contributed by atoms with Crippen molar-refractivity contribution in [3.05, 3.63) is 34.9 Å². The lowest BCUT2D eigenvalue weighted by Crippen LogP contribution is -2.44. The second-order valence-corrected chi connectivity index (χ2v) is 4.61. The van der Waals surface area contributed by atoms with Gasteiger partial charge in [-0.05, 0) is 24.5 Å². The Kier molecular flexibility index (Phi) is 4.58. The lowest BCUT2D eigenvalue weighted by Gasteiger charge is -2.18. The van der Waals surface area contributed by atoms with Crippen LogP contribution in [0.3, 0.4) is 0 Å². The average Bonchev–Trinajstić information content (AvgIpc) is 2.29. The summed E-state index contributed by atoms with van der Waals surface area (Å²) in [6, 6.07) is 0.534. The minimum atomic E-state index is -1.21. The van der Waals surface area contributed by atoms with Gasteiger partial charge in [0.25, 0.3) is 5.91 Å². The Morgan fingerprint density at radius 3 is 2.26 bits per heavy atom. The highest BCUT2D eigenvalue weighted by atomic mass is 19.1. The lowest BCUT2D eigenvalue weighted by molar-refractivity contribution is -0.140.